The molecule has 3 N–H and O–H groups in total. The number of aryl methyl sites for hydroxylation is 2. The number of phenols is 1. The van der Waals surface area contributed by atoms with Crippen LogP contribution in [0.1, 0.15) is 54.3 Å². The molecule has 1 amide bonds. The van der Waals surface area contributed by atoms with E-state index in [0.29, 0.717) is 17.1 Å². The van der Waals surface area contributed by atoms with Crippen LogP contribution >= 0.6 is 0 Å². The average molecular weight is 476 g/mol. The lowest BCUT2D eigenvalue weighted by atomic mass is 9.85. The number of carbonyl (C=O) groups excluding carboxylic acids is 1. The van der Waals surface area contributed by atoms with Crippen molar-refractivity contribution < 1.29 is 22.7 Å². The van der Waals surface area contributed by atoms with E-state index in [1.54, 1.807) is 39.2 Å². The van der Waals surface area contributed by atoms with E-state index >= 15 is 0 Å². The zero-order valence-electron chi connectivity index (χ0n) is 19.7. The molecule has 10 nitrogen and oxygen atoms in total. The second kappa shape index (κ2) is 8.54. The summed E-state index contributed by atoms with van der Waals surface area (Å²) >= 11 is 0. The zero-order chi connectivity index (χ0) is 24.7. The molecule has 0 saturated carbocycles. The number of aromatic hydroxyl groups is 1. The molecule has 0 aliphatic carbocycles. The van der Waals surface area contributed by atoms with Gasteiger partial charge in [0.1, 0.15) is 17.6 Å². The first-order valence-corrected chi connectivity index (χ1v) is 11.7. The number of anilines is 1. The number of furan rings is 1. The fourth-order valence-electron chi connectivity index (χ4n) is 3.35. The minimum atomic E-state index is -4.04. The average Bonchev–Trinajstić information content (AvgIpc) is 3.22. The Labute approximate surface area is 193 Å². The number of phenolic OH excluding ortho intramolecular Hbond substituents is 1. The summed E-state index contributed by atoms with van der Waals surface area (Å²) in [7, 11) is -0.884. The number of rotatable bonds is 4. The molecule has 0 bridgehead atoms. The van der Waals surface area contributed by atoms with Gasteiger partial charge in [-0.2, -0.15) is 8.42 Å². The Kier molecular flexibility index (Phi) is 6.29. The number of nitrogens with one attached hydrogen (secondary N) is 2. The maximum Gasteiger partial charge on any atom is 0.345 e. The molecule has 0 saturated heterocycles. The van der Waals surface area contributed by atoms with Crippen LogP contribution < -0.4 is 10.0 Å². The number of nitrogens with zero attached hydrogens (tertiary/aromatic N) is 3. The smallest absolute Gasteiger partial charge is 0.345 e. The molecule has 178 valence electrons. The molecule has 0 spiro atoms. The summed E-state index contributed by atoms with van der Waals surface area (Å²) in [5.41, 5.74) is 0.396. The molecule has 1 aromatic carbocycles. The third-order valence-corrected chi connectivity index (χ3v) is 5.90. The van der Waals surface area contributed by atoms with Crippen LogP contribution in [-0.4, -0.2) is 50.1 Å². The van der Waals surface area contributed by atoms with Crippen molar-refractivity contribution in [2.75, 3.05) is 19.4 Å². The first-order chi connectivity index (χ1) is 15.2. The molecule has 2 heterocycles. The number of hydrogen-bond donors (Lipinski definition) is 3. The number of hydrogen-bond acceptors (Lipinski definition) is 7. The Morgan fingerprint density at radius 1 is 1.21 bits per heavy atom. The van der Waals surface area contributed by atoms with Gasteiger partial charge >= 0.3 is 10.2 Å². The van der Waals surface area contributed by atoms with Gasteiger partial charge in [0.25, 0.3) is 5.91 Å². The fourth-order valence-corrected chi connectivity index (χ4v) is 4.17. The zero-order valence-corrected chi connectivity index (χ0v) is 20.5. The molecule has 33 heavy (non-hydrogen) atoms. The van der Waals surface area contributed by atoms with E-state index in [2.05, 4.69) is 19.4 Å². The number of carbonyl (C=O) groups is 1. The molecule has 1 aromatic heterocycles. The lowest BCUT2D eigenvalue weighted by molar-refractivity contribution is 0.0824. The Morgan fingerprint density at radius 2 is 1.88 bits per heavy atom. The van der Waals surface area contributed by atoms with E-state index in [1.165, 1.54) is 4.90 Å². The number of aliphatic imine (C=N–C) groups is 1. The summed E-state index contributed by atoms with van der Waals surface area (Å²) in [6.07, 6.45) is 0. The van der Waals surface area contributed by atoms with E-state index in [9.17, 15) is 18.3 Å². The second-order valence-electron chi connectivity index (χ2n) is 9.19. The van der Waals surface area contributed by atoms with Crippen molar-refractivity contribution >= 4 is 33.5 Å². The van der Waals surface area contributed by atoms with Crippen molar-refractivity contribution in [1.82, 2.24) is 9.62 Å². The van der Waals surface area contributed by atoms with Gasteiger partial charge in [0, 0.05) is 14.1 Å². The van der Waals surface area contributed by atoms with E-state index < -0.39 is 21.7 Å². The standard InChI is InChI=1S/C22H29N5O5S/c1-12-8-10-14(17(28)16(12)21(29)27(6)7)23-19-20(26-33(30,31)25-19)24-18(22(3,4)5)15-11-9-13(2)32-15/h8-11,18,28H,1-7H3,(H,23,25)(H,24,26)/t18-/m0/s1. The van der Waals surface area contributed by atoms with Crippen molar-refractivity contribution in [2.45, 2.75) is 40.7 Å². The molecule has 0 fully saturated rings. The summed E-state index contributed by atoms with van der Waals surface area (Å²) in [5.74, 6) is 0.465. The van der Waals surface area contributed by atoms with Gasteiger partial charge in [0.15, 0.2) is 17.4 Å². The largest absolute Gasteiger partial charge is 0.505 e. The lowest BCUT2D eigenvalue weighted by Gasteiger charge is -2.26. The molecule has 11 heteroatoms. The predicted molar refractivity (Wildman–Crippen MR) is 127 cm³/mol. The summed E-state index contributed by atoms with van der Waals surface area (Å²) in [6.45, 7) is 9.38. The number of benzene rings is 1. The number of amidine groups is 2. The SMILES string of the molecule is Cc1ccc([C@H](N=C2NS(=O)(=O)N=C2Nc2ccc(C)c(C(=O)N(C)C)c2O)C(C)(C)C)o1. The topological polar surface area (TPSA) is 137 Å². The molecular formula is C22H29N5O5S. The van der Waals surface area contributed by atoms with Crippen LogP contribution in [-0.2, 0) is 10.2 Å². The third kappa shape index (κ3) is 5.19. The molecule has 0 unspecified atom stereocenters. The summed E-state index contributed by atoms with van der Waals surface area (Å²) < 4.78 is 36.3. The van der Waals surface area contributed by atoms with Gasteiger partial charge in [-0.3, -0.25) is 9.79 Å². The quantitative estimate of drug-likeness (QED) is 0.581. The lowest BCUT2D eigenvalue weighted by Crippen LogP contribution is -2.32. The Hall–Kier alpha value is -3.34. The molecular weight excluding hydrogens is 446 g/mol. The number of amides is 1. The maximum absolute atomic E-state index is 12.5. The summed E-state index contributed by atoms with van der Waals surface area (Å²) in [6, 6.07) is 6.28. The Bertz CT molecular complexity index is 1250. The molecule has 1 aliphatic rings. The first-order valence-electron chi connectivity index (χ1n) is 10.3. The van der Waals surface area contributed by atoms with Crippen LogP contribution in [0.25, 0.3) is 0 Å². The minimum Gasteiger partial charge on any atom is -0.505 e. The molecule has 1 atom stereocenters. The van der Waals surface area contributed by atoms with Crippen LogP contribution in [0, 0.1) is 19.3 Å². The van der Waals surface area contributed by atoms with Gasteiger partial charge < -0.3 is 19.7 Å². The first kappa shape index (κ1) is 24.3. The van der Waals surface area contributed by atoms with Gasteiger partial charge in [-0.15, -0.1) is 4.40 Å². The van der Waals surface area contributed by atoms with E-state index in [-0.39, 0.29) is 34.6 Å². The maximum atomic E-state index is 12.5. The predicted octanol–water partition coefficient (Wildman–Crippen LogP) is 3.15. The van der Waals surface area contributed by atoms with Gasteiger partial charge in [0.05, 0.1) is 11.3 Å². The second-order valence-corrected chi connectivity index (χ2v) is 10.5. The highest BCUT2D eigenvalue weighted by Gasteiger charge is 2.34. The van der Waals surface area contributed by atoms with Crippen LogP contribution in [0.2, 0.25) is 0 Å². The highest BCUT2D eigenvalue weighted by Crippen LogP contribution is 2.38. The van der Waals surface area contributed by atoms with Crippen LogP contribution in [0.4, 0.5) is 5.69 Å². The normalized spacial score (nSPS) is 17.4. The highest BCUT2D eigenvalue weighted by molar-refractivity contribution is 7.89. The van der Waals surface area contributed by atoms with E-state index in [1.807, 2.05) is 33.8 Å². The van der Waals surface area contributed by atoms with E-state index in [0.717, 1.165) is 0 Å². The van der Waals surface area contributed by atoms with Crippen molar-refractivity contribution in [3.63, 3.8) is 0 Å². The third-order valence-electron chi connectivity index (χ3n) is 5.03. The van der Waals surface area contributed by atoms with Crippen LogP contribution in [0.5, 0.6) is 5.75 Å². The molecule has 0 radical (unpaired) electrons. The van der Waals surface area contributed by atoms with Crippen LogP contribution in [0.15, 0.2) is 38.1 Å². The van der Waals surface area contributed by atoms with Gasteiger partial charge in [-0.1, -0.05) is 26.8 Å². The van der Waals surface area contributed by atoms with Crippen molar-refractivity contribution in [1.29, 1.82) is 0 Å². The Morgan fingerprint density at radius 3 is 2.42 bits per heavy atom. The highest BCUT2D eigenvalue weighted by atomic mass is 32.2. The Balaban J connectivity index is 2.05. The molecule has 2 aromatic rings. The van der Waals surface area contributed by atoms with Crippen LogP contribution in [0.3, 0.4) is 0 Å². The molecule has 1 aliphatic heterocycles. The van der Waals surface area contributed by atoms with Gasteiger partial charge in [0.2, 0.25) is 0 Å². The van der Waals surface area contributed by atoms with Gasteiger partial charge in [-0.25, -0.2) is 4.72 Å². The van der Waals surface area contributed by atoms with E-state index in [4.69, 9.17) is 4.42 Å². The van der Waals surface area contributed by atoms with Gasteiger partial charge in [-0.05, 0) is 43.0 Å². The van der Waals surface area contributed by atoms with Crippen molar-refractivity contribution in [2.24, 2.45) is 14.8 Å². The molecule has 3 rings (SSSR count). The minimum absolute atomic E-state index is 0.0237. The monoisotopic (exact) mass is 475 g/mol. The van der Waals surface area contributed by atoms with Crippen molar-refractivity contribution in [3.8, 4) is 5.75 Å². The summed E-state index contributed by atoms with van der Waals surface area (Å²) in [5, 5.41) is 13.6. The van der Waals surface area contributed by atoms with Crippen molar-refractivity contribution in [3.05, 3.63) is 46.9 Å². The fraction of sp³-hybridized carbons (Fsp3) is 0.409. The summed E-state index contributed by atoms with van der Waals surface area (Å²) in [4.78, 5) is 18.5.